The number of thiocarbonyl (C=S) groups is 1. The number of nitrogens with one attached hydrogen (secondary N) is 1. The number of amides is 1. The van der Waals surface area contributed by atoms with Crippen molar-refractivity contribution >= 4 is 64.1 Å². The minimum absolute atomic E-state index is 0. The minimum atomic E-state index is -0.115. The fourth-order valence-electron chi connectivity index (χ4n) is 2.32. The predicted molar refractivity (Wildman–Crippen MR) is 93.8 cm³/mol. The van der Waals surface area contributed by atoms with Crippen LogP contribution in [0.1, 0.15) is 0 Å². The molecule has 1 unspecified atom stereocenters. The van der Waals surface area contributed by atoms with Crippen LogP contribution in [-0.4, -0.2) is 77.2 Å². The molecule has 3 aliphatic rings. The van der Waals surface area contributed by atoms with Crippen molar-refractivity contribution in [2.75, 3.05) is 45.9 Å². The number of ether oxygens (including phenoxy) is 1. The third-order valence-corrected chi connectivity index (χ3v) is 4.81. The Kier molecular flexibility index (Phi) is 6.02. The molecule has 3 aliphatic heterocycles. The Balaban J connectivity index is 0.00000147. The molecule has 1 atom stereocenters. The van der Waals surface area contributed by atoms with Crippen LogP contribution in [0.4, 0.5) is 0 Å². The molecule has 1 amide bonds. The summed E-state index contributed by atoms with van der Waals surface area (Å²) in [5, 5.41) is 2.99. The van der Waals surface area contributed by atoms with Gasteiger partial charge in [0.2, 0.25) is 11.9 Å². The van der Waals surface area contributed by atoms with Crippen LogP contribution in [-0.2, 0) is 9.53 Å². The Hall–Kier alpha value is 0.0300. The van der Waals surface area contributed by atoms with E-state index in [0.29, 0.717) is 16.8 Å². The van der Waals surface area contributed by atoms with Crippen molar-refractivity contribution in [3.8, 4) is 0 Å². The van der Waals surface area contributed by atoms with Gasteiger partial charge in [-0.1, -0.05) is 24.0 Å². The van der Waals surface area contributed by atoms with Crippen molar-refractivity contribution in [1.82, 2.24) is 15.1 Å². The van der Waals surface area contributed by atoms with Crippen molar-refractivity contribution in [2.45, 2.75) is 5.25 Å². The van der Waals surface area contributed by atoms with Crippen molar-refractivity contribution in [1.29, 1.82) is 0 Å². The first kappa shape index (κ1) is 16.4. The summed E-state index contributed by atoms with van der Waals surface area (Å²) in [4.78, 5) is 20.5. The molecule has 3 rings (SSSR count). The molecule has 6 nitrogen and oxygen atoms in total. The Morgan fingerprint density at radius 1 is 1.45 bits per heavy atom. The van der Waals surface area contributed by atoms with E-state index < -0.39 is 0 Å². The van der Waals surface area contributed by atoms with Crippen molar-refractivity contribution in [3.63, 3.8) is 0 Å². The quantitative estimate of drug-likeness (QED) is 0.499. The van der Waals surface area contributed by atoms with Gasteiger partial charge in [-0.2, -0.15) is 0 Å². The standard InChI is InChI=1S/C11H16N4O2S2.HI/c16-9-8(7-14-3-5-17-6-4-14)19-11(18)15(9)10-12-1-2-13-10;/h8H,1-7H2,(H,12,13);1H. The molecule has 9 heteroatoms. The number of rotatable bonds is 2. The van der Waals surface area contributed by atoms with E-state index in [1.54, 1.807) is 4.90 Å². The summed E-state index contributed by atoms with van der Waals surface area (Å²) in [5.41, 5.74) is 0. The van der Waals surface area contributed by atoms with E-state index in [9.17, 15) is 4.79 Å². The molecule has 0 bridgehead atoms. The Bertz CT molecular complexity index is 429. The number of guanidine groups is 1. The molecule has 2 saturated heterocycles. The maximum absolute atomic E-state index is 12.4. The van der Waals surface area contributed by atoms with Gasteiger partial charge in [0, 0.05) is 26.2 Å². The number of halogens is 1. The number of aliphatic imine (C=N–C) groups is 1. The third kappa shape index (κ3) is 3.43. The van der Waals surface area contributed by atoms with Crippen molar-refractivity contribution in [3.05, 3.63) is 0 Å². The second kappa shape index (κ2) is 7.34. The first-order valence-corrected chi connectivity index (χ1v) is 7.67. The highest BCUT2D eigenvalue weighted by Gasteiger charge is 2.41. The van der Waals surface area contributed by atoms with Crippen LogP contribution in [0.15, 0.2) is 4.99 Å². The number of carbonyl (C=O) groups is 1. The van der Waals surface area contributed by atoms with E-state index in [2.05, 4.69) is 15.2 Å². The number of nitrogens with zero attached hydrogens (tertiary/aromatic N) is 3. The third-order valence-electron chi connectivity index (χ3n) is 3.32. The highest BCUT2D eigenvalue weighted by molar-refractivity contribution is 14.0. The summed E-state index contributed by atoms with van der Waals surface area (Å²) in [6, 6.07) is 0. The SMILES string of the molecule is I.O=C1C(CN2CCOCC2)SC(=S)N1C1=NCCN1. The molecule has 1 N–H and O–H groups in total. The van der Waals surface area contributed by atoms with Crippen LogP contribution >= 0.6 is 48.0 Å². The monoisotopic (exact) mass is 428 g/mol. The van der Waals surface area contributed by atoms with Crippen molar-refractivity contribution in [2.24, 2.45) is 4.99 Å². The lowest BCUT2D eigenvalue weighted by Gasteiger charge is -2.27. The van der Waals surface area contributed by atoms with Crippen LogP contribution in [0, 0.1) is 0 Å². The van der Waals surface area contributed by atoms with Gasteiger partial charge in [-0.3, -0.25) is 14.7 Å². The van der Waals surface area contributed by atoms with Gasteiger partial charge >= 0.3 is 0 Å². The molecule has 3 heterocycles. The number of hydrogen-bond acceptors (Lipinski definition) is 7. The Morgan fingerprint density at radius 3 is 2.85 bits per heavy atom. The van der Waals surface area contributed by atoms with Crippen molar-refractivity contribution < 1.29 is 9.53 Å². The molecule has 0 aromatic carbocycles. The zero-order chi connectivity index (χ0) is 13.2. The van der Waals surface area contributed by atoms with E-state index in [4.69, 9.17) is 17.0 Å². The molecule has 20 heavy (non-hydrogen) atoms. The smallest absolute Gasteiger partial charge is 0.249 e. The first-order valence-electron chi connectivity index (χ1n) is 6.39. The lowest BCUT2D eigenvalue weighted by Crippen LogP contribution is -2.46. The molecule has 0 aliphatic carbocycles. The fourth-order valence-corrected chi connectivity index (χ4v) is 3.86. The summed E-state index contributed by atoms with van der Waals surface area (Å²) in [5.74, 6) is 0.668. The first-order chi connectivity index (χ1) is 9.25. The van der Waals surface area contributed by atoms with E-state index in [-0.39, 0.29) is 35.1 Å². The van der Waals surface area contributed by atoms with E-state index in [0.717, 1.165) is 39.4 Å². The summed E-state index contributed by atoms with van der Waals surface area (Å²) >= 11 is 6.77. The molecule has 112 valence electrons. The molecular formula is C11H17IN4O2S2. The molecule has 0 radical (unpaired) electrons. The second-order valence-corrected chi connectivity index (χ2v) is 6.43. The number of hydrogen-bond donors (Lipinski definition) is 1. The van der Waals surface area contributed by atoms with Crippen LogP contribution in [0.3, 0.4) is 0 Å². The average molecular weight is 428 g/mol. The topological polar surface area (TPSA) is 57.2 Å². The lowest BCUT2D eigenvalue weighted by molar-refractivity contribution is -0.124. The molecule has 0 saturated carbocycles. The van der Waals surface area contributed by atoms with Gasteiger partial charge in [0.1, 0.15) is 5.25 Å². The van der Waals surface area contributed by atoms with E-state index in [1.807, 2.05) is 0 Å². The molecule has 2 fully saturated rings. The fraction of sp³-hybridized carbons (Fsp3) is 0.727. The van der Waals surface area contributed by atoms with Gasteiger partial charge in [-0.15, -0.1) is 24.0 Å². The summed E-state index contributed by atoms with van der Waals surface area (Å²) < 4.78 is 5.92. The molecule has 0 spiro atoms. The van der Waals surface area contributed by atoms with Gasteiger partial charge < -0.3 is 10.1 Å². The minimum Gasteiger partial charge on any atom is -0.379 e. The van der Waals surface area contributed by atoms with Gasteiger partial charge in [-0.05, 0) is 0 Å². The van der Waals surface area contributed by atoms with Gasteiger partial charge in [0.15, 0.2) is 4.32 Å². The zero-order valence-electron chi connectivity index (χ0n) is 10.9. The van der Waals surface area contributed by atoms with E-state index in [1.165, 1.54) is 11.8 Å². The summed E-state index contributed by atoms with van der Waals surface area (Å²) in [6.07, 6.45) is 0. The normalized spacial score (nSPS) is 27.3. The maximum atomic E-state index is 12.4. The number of morpholine rings is 1. The highest BCUT2D eigenvalue weighted by Crippen LogP contribution is 2.28. The zero-order valence-corrected chi connectivity index (χ0v) is 14.9. The number of thioether (sulfide) groups is 1. The lowest BCUT2D eigenvalue weighted by atomic mass is 10.3. The number of carbonyl (C=O) groups excluding carboxylic acids is 1. The summed E-state index contributed by atoms with van der Waals surface area (Å²) in [6.45, 7) is 5.48. The maximum Gasteiger partial charge on any atom is 0.249 e. The Labute approximate surface area is 144 Å². The van der Waals surface area contributed by atoms with Gasteiger partial charge in [-0.25, -0.2) is 4.90 Å². The largest absolute Gasteiger partial charge is 0.379 e. The highest BCUT2D eigenvalue weighted by atomic mass is 127. The second-order valence-electron chi connectivity index (χ2n) is 4.59. The Morgan fingerprint density at radius 2 is 2.20 bits per heavy atom. The van der Waals surface area contributed by atoms with Crippen LogP contribution < -0.4 is 5.32 Å². The molecular weight excluding hydrogens is 411 g/mol. The van der Waals surface area contributed by atoms with Gasteiger partial charge in [0.05, 0.1) is 19.8 Å². The summed E-state index contributed by atoms with van der Waals surface area (Å²) in [7, 11) is 0. The van der Waals surface area contributed by atoms with Crippen LogP contribution in [0.5, 0.6) is 0 Å². The molecule has 0 aromatic rings. The van der Waals surface area contributed by atoms with E-state index >= 15 is 0 Å². The average Bonchev–Trinajstić information content (AvgIpc) is 3.01. The van der Waals surface area contributed by atoms with Crippen LogP contribution in [0.2, 0.25) is 0 Å². The van der Waals surface area contributed by atoms with Crippen LogP contribution in [0.25, 0.3) is 0 Å². The van der Waals surface area contributed by atoms with Gasteiger partial charge in [0.25, 0.3) is 0 Å². The predicted octanol–water partition coefficient (Wildman–Crippen LogP) is 0.125. The molecule has 0 aromatic heterocycles.